The number of hydrogen-bond donors (Lipinski definition) is 2. The van der Waals surface area contributed by atoms with Gasteiger partial charge in [0, 0.05) is 24.6 Å². The number of para-hydroxylation sites is 2. The molecule has 2 aliphatic heterocycles. The van der Waals surface area contributed by atoms with Crippen LogP contribution in [0.25, 0.3) is 0 Å². The Balaban J connectivity index is 0.00000182. The van der Waals surface area contributed by atoms with Gasteiger partial charge in [0.15, 0.2) is 0 Å². The summed E-state index contributed by atoms with van der Waals surface area (Å²) in [5.74, 6) is 0.418. The predicted molar refractivity (Wildman–Crippen MR) is 102 cm³/mol. The van der Waals surface area contributed by atoms with E-state index < -0.39 is 0 Å². The third kappa shape index (κ3) is 2.70. The molecule has 2 atom stereocenters. The highest BCUT2D eigenvalue weighted by Crippen LogP contribution is 2.42. The van der Waals surface area contributed by atoms with Crippen molar-refractivity contribution in [2.45, 2.75) is 32.2 Å². The Labute approximate surface area is 154 Å². The standard InChI is InChI=1S/C20H22N2O2.ClH/c1-3-13-8-12(2)19-14(9-13)15-10-21-11-17(15)22(20(19)24)16-6-4-5-7-18(16)23;/h4-9,15,17,21,23H,3,10-11H2,1-2H3;1H/t15-,17+;/m1./s1. The molecule has 0 saturated carbocycles. The molecule has 4 rings (SSSR count). The number of phenolic OH excluding ortho intramolecular Hbond substituents is 1. The van der Waals surface area contributed by atoms with Crippen LogP contribution in [0, 0.1) is 6.92 Å². The summed E-state index contributed by atoms with van der Waals surface area (Å²) in [4.78, 5) is 15.1. The quantitative estimate of drug-likeness (QED) is 0.865. The molecule has 2 aromatic carbocycles. The average Bonchev–Trinajstić information content (AvgIpc) is 3.05. The lowest BCUT2D eigenvalue weighted by Crippen LogP contribution is -2.48. The van der Waals surface area contributed by atoms with Crippen LogP contribution in [0.5, 0.6) is 5.75 Å². The fraction of sp³-hybridized carbons (Fsp3) is 0.350. The first-order valence-electron chi connectivity index (χ1n) is 8.57. The number of aryl methyl sites for hydroxylation is 2. The minimum atomic E-state index is -0.00315. The largest absolute Gasteiger partial charge is 0.506 e. The van der Waals surface area contributed by atoms with E-state index in [0.717, 1.165) is 30.6 Å². The number of benzene rings is 2. The predicted octanol–water partition coefficient (Wildman–Crippen LogP) is 3.40. The van der Waals surface area contributed by atoms with Crippen molar-refractivity contribution in [2.24, 2.45) is 0 Å². The molecule has 0 aliphatic carbocycles. The summed E-state index contributed by atoms with van der Waals surface area (Å²) in [5.41, 5.74) is 4.88. The van der Waals surface area contributed by atoms with Crippen LogP contribution in [0.15, 0.2) is 36.4 Å². The van der Waals surface area contributed by atoms with Crippen molar-refractivity contribution in [1.29, 1.82) is 0 Å². The molecule has 2 aliphatic rings. The Morgan fingerprint density at radius 3 is 2.72 bits per heavy atom. The van der Waals surface area contributed by atoms with E-state index in [2.05, 4.69) is 24.4 Å². The topological polar surface area (TPSA) is 52.6 Å². The Kier molecular flexibility index (Phi) is 4.76. The van der Waals surface area contributed by atoms with Gasteiger partial charge in [-0.25, -0.2) is 0 Å². The number of nitrogens with zero attached hydrogens (tertiary/aromatic N) is 1. The van der Waals surface area contributed by atoms with Gasteiger partial charge in [-0.15, -0.1) is 12.4 Å². The summed E-state index contributed by atoms with van der Waals surface area (Å²) in [6.45, 7) is 5.77. The van der Waals surface area contributed by atoms with Gasteiger partial charge in [0.2, 0.25) is 0 Å². The molecule has 0 radical (unpaired) electrons. The van der Waals surface area contributed by atoms with Gasteiger partial charge in [-0.3, -0.25) is 9.69 Å². The minimum absolute atomic E-state index is 0. The molecule has 25 heavy (non-hydrogen) atoms. The number of carbonyl (C=O) groups is 1. The van der Waals surface area contributed by atoms with Gasteiger partial charge in [0.25, 0.3) is 5.91 Å². The van der Waals surface area contributed by atoms with Crippen LogP contribution in [0.4, 0.5) is 5.69 Å². The van der Waals surface area contributed by atoms with Crippen molar-refractivity contribution in [1.82, 2.24) is 5.32 Å². The highest BCUT2D eigenvalue weighted by atomic mass is 35.5. The maximum Gasteiger partial charge on any atom is 0.259 e. The number of halogens is 1. The van der Waals surface area contributed by atoms with E-state index in [1.54, 1.807) is 17.0 Å². The smallest absolute Gasteiger partial charge is 0.259 e. The highest BCUT2D eigenvalue weighted by Gasteiger charge is 2.44. The number of hydrogen-bond acceptors (Lipinski definition) is 3. The fourth-order valence-corrected chi connectivity index (χ4v) is 4.16. The molecule has 0 spiro atoms. The number of amides is 1. The number of aromatic hydroxyl groups is 1. The first-order valence-corrected chi connectivity index (χ1v) is 8.57. The zero-order valence-electron chi connectivity index (χ0n) is 14.5. The Bertz CT molecular complexity index is 821. The molecular weight excluding hydrogens is 336 g/mol. The lowest BCUT2D eigenvalue weighted by atomic mass is 9.81. The zero-order chi connectivity index (χ0) is 16.8. The second-order valence-electron chi connectivity index (χ2n) is 6.73. The van der Waals surface area contributed by atoms with Gasteiger partial charge in [-0.1, -0.05) is 31.2 Å². The molecule has 0 aromatic heterocycles. The third-order valence-electron chi connectivity index (χ3n) is 5.32. The lowest BCUT2D eigenvalue weighted by Gasteiger charge is -2.39. The molecule has 2 aromatic rings. The van der Waals surface area contributed by atoms with Crippen molar-refractivity contribution in [3.8, 4) is 5.75 Å². The second-order valence-corrected chi connectivity index (χ2v) is 6.73. The van der Waals surface area contributed by atoms with Crippen molar-refractivity contribution >= 4 is 24.0 Å². The van der Waals surface area contributed by atoms with Crippen LogP contribution in [-0.2, 0) is 6.42 Å². The monoisotopic (exact) mass is 358 g/mol. The van der Waals surface area contributed by atoms with Crippen LogP contribution in [0.3, 0.4) is 0 Å². The van der Waals surface area contributed by atoms with Gasteiger partial charge in [0.1, 0.15) is 5.75 Å². The van der Waals surface area contributed by atoms with E-state index in [9.17, 15) is 9.90 Å². The lowest BCUT2D eigenvalue weighted by molar-refractivity contribution is 0.0964. The first kappa shape index (κ1) is 17.8. The van der Waals surface area contributed by atoms with E-state index >= 15 is 0 Å². The molecular formula is C20H23ClN2O2. The summed E-state index contributed by atoms with van der Waals surface area (Å²) < 4.78 is 0. The van der Waals surface area contributed by atoms with Crippen LogP contribution in [0.1, 0.15) is 39.9 Å². The molecule has 1 saturated heterocycles. The van der Waals surface area contributed by atoms with E-state index in [4.69, 9.17) is 0 Å². The van der Waals surface area contributed by atoms with Gasteiger partial charge in [-0.2, -0.15) is 0 Å². The number of nitrogens with one attached hydrogen (secondary N) is 1. The summed E-state index contributed by atoms with van der Waals surface area (Å²) in [6, 6.07) is 11.5. The van der Waals surface area contributed by atoms with Crippen LogP contribution >= 0.6 is 12.4 Å². The maximum atomic E-state index is 13.3. The molecule has 1 amide bonds. The maximum absolute atomic E-state index is 13.3. The van der Waals surface area contributed by atoms with Crippen molar-refractivity contribution in [3.63, 3.8) is 0 Å². The van der Waals surface area contributed by atoms with Crippen LogP contribution in [-0.4, -0.2) is 30.1 Å². The Morgan fingerprint density at radius 1 is 1.24 bits per heavy atom. The van der Waals surface area contributed by atoms with Gasteiger partial charge in [-0.05, 0) is 42.2 Å². The molecule has 132 valence electrons. The van der Waals surface area contributed by atoms with E-state index in [0.29, 0.717) is 5.69 Å². The van der Waals surface area contributed by atoms with Gasteiger partial charge >= 0.3 is 0 Å². The van der Waals surface area contributed by atoms with E-state index in [-0.39, 0.29) is 36.0 Å². The Hall–Kier alpha value is -2.04. The van der Waals surface area contributed by atoms with Crippen molar-refractivity contribution in [2.75, 3.05) is 18.0 Å². The number of rotatable bonds is 2. The molecule has 0 unspecified atom stereocenters. The zero-order valence-corrected chi connectivity index (χ0v) is 15.3. The van der Waals surface area contributed by atoms with Crippen molar-refractivity contribution < 1.29 is 9.90 Å². The Morgan fingerprint density at radius 2 is 2.00 bits per heavy atom. The number of phenols is 1. The summed E-state index contributed by atoms with van der Waals surface area (Å²) in [5, 5.41) is 13.7. The molecule has 4 nitrogen and oxygen atoms in total. The molecule has 1 fully saturated rings. The number of anilines is 1. The summed E-state index contributed by atoms with van der Waals surface area (Å²) in [6.07, 6.45) is 0.969. The molecule has 0 bridgehead atoms. The van der Waals surface area contributed by atoms with E-state index in [1.807, 2.05) is 19.1 Å². The van der Waals surface area contributed by atoms with Crippen LogP contribution in [0.2, 0.25) is 0 Å². The number of fused-ring (bicyclic) bond motifs is 3. The minimum Gasteiger partial charge on any atom is -0.506 e. The van der Waals surface area contributed by atoms with Gasteiger partial charge in [0.05, 0.1) is 11.7 Å². The van der Waals surface area contributed by atoms with Crippen molar-refractivity contribution in [3.05, 3.63) is 58.7 Å². The normalized spacial score (nSPS) is 21.5. The average molecular weight is 359 g/mol. The van der Waals surface area contributed by atoms with Crippen LogP contribution < -0.4 is 10.2 Å². The fourth-order valence-electron chi connectivity index (χ4n) is 4.16. The highest BCUT2D eigenvalue weighted by molar-refractivity contribution is 6.10. The van der Waals surface area contributed by atoms with Gasteiger partial charge < -0.3 is 10.4 Å². The second kappa shape index (κ2) is 6.70. The third-order valence-corrected chi connectivity index (χ3v) is 5.32. The first-order chi connectivity index (χ1) is 11.6. The number of carbonyl (C=O) groups excluding carboxylic acids is 1. The summed E-state index contributed by atoms with van der Waals surface area (Å²) >= 11 is 0. The molecule has 5 heteroatoms. The molecule has 2 N–H and O–H groups in total. The summed E-state index contributed by atoms with van der Waals surface area (Å²) in [7, 11) is 0. The SMILES string of the molecule is CCc1cc(C)c2c(c1)[C@H]1CNC[C@@H]1N(c1ccccc1O)C2=O.Cl. The molecule has 2 heterocycles. The van der Waals surface area contributed by atoms with E-state index in [1.165, 1.54) is 11.1 Å².